The van der Waals surface area contributed by atoms with Crippen LogP contribution in [0.4, 0.5) is 11.4 Å². The molecular weight excluding hydrogens is 280 g/mol. The van der Waals surface area contributed by atoms with E-state index in [1.807, 2.05) is 0 Å². The molecule has 1 rings (SSSR count). The quantitative estimate of drug-likeness (QED) is 0.363. The third kappa shape index (κ3) is 3.64. The topological polar surface area (TPSA) is 95.5 Å². The van der Waals surface area contributed by atoms with Crippen molar-refractivity contribution in [1.82, 2.24) is 0 Å². The van der Waals surface area contributed by atoms with Crippen molar-refractivity contribution in [2.75, 3.05) is 6.61 Å². The molecule has 0 radical (unpaired) electrons. The second-order valence-corrected chi connectivity index (χ2v) is 4.60. The van der Waals surface area contributed by atoms with E-state index < -0.39 is 9.85 Å². The predicted octanol–water partition coefficient (Wildman–Crippen LogP) is 2.92. The van der Waals surface area contributed by atoms with Crippen LogP contribution in [-0.4, -0.2) is 20.8 Å². The summed E-state index contributed by atoms with van der Waals surface area (Å²) in [5.41, 5.74) is -0.704. The fourth-order valence-electron chi connectivity index (χ4n) is 1.09. The van der Waals surface area contributed by atoms with Crippen LogP contribution in [0.5, 0.6) is 0 Å². The molecule has 0 aliphatic rings. The number of thioether (sulfide) groups is 1. The van der Waals surface area contributed by atoms with Crippen LogP contribution in [0, 0.1) is 20.2 Å². The lowest BCUT2D eigenvalue weighted by Crippen LogP contribution is -1.98. The highest BCUT2D eigenvalue weighted by molar-refractivity contribution is 8.22. The van der Waals surface area contributed by atoms with Crippen molar-refractivity contribution in [2.45, 2.75) is 11.8 Å². The fraction of sp³-hybridized carbons (Fsp3) is 0.222. The molecular formula is C9H8N2O5S2. The lowest BCUT2D eigenvalue weighted by molar-refractivity contribution is -0.396. The minimum Gasteiger partial charge on any atom is -0.479 e. The van der Waals surface area contributed by atoms with Gasteiger partial charge in [-0.25, -0.2) is 0 Å². The summed E-state index contributed by atoms with van der Waals surface area (Å²) in [6, 6.07) is 3.37. The average Bonchev–Trinajstić information content (AvgIpc) is 2.29. The molecule has 0 spiro atoms. The summed E-state index contributed by atoms with van der Waals surface area (Å²) in [6.07, 6.45) is 0. The van der Waals surface area contributed by atoms with Crippen molar-refractivity contribution in [1.29, 1.82) is 0 Å². The van der Waals surface area contributed by atoms with Crippen LogP contribution in [0.25, 0.3) is 0 Å². The molecule has 0 saturated heterocycles. The second kappa shape index (κ2) is 6.26. The zero-order valence-electron chi connectivity index (χ0n) is 9.19. The molecule has 0 heterocycles. The van der Waals surface area contributed by atoms with Crippen LogP contribution < -0.4 is 0 Å². The van der Waals surface area contributed by atoms with Gasteiger partial charge in [-0.1, -0.05) is 0 Å². The first-order valence-electron chi connectivity index (χ1n) is 4.73. The van der Waals surface area contributed by atoms with Crippen molar-refractivity contribution >= 4 is 39.7 Å². The van der Waals surface area contributed by atoms with Gasteiger partial charge in [-0.2, -0.15) is 0 Å². The number of benzene rings is 1. The zero-order valence-corrected chi connectivity index (χ0v) is 10.8. The Balaban J connectivity index is 3.08. The normalized spacial score (nSPS) is 9.83. The molecule has 1 aromatic rings. The first-order chi connectivity index (χ1) is 8.45. The Morgan fingerprint density at radius 1 is 1.39 bits per heavy atom. The van der Waals surface area contributed by atoms with E-state index >= 15 is 0 Å². The van der Waals surface area contributed by atoms with E-state index in [1.54, 1.807) is 6.92 Å². The Bertz CT molecular complexity index is 506. The minimum atomic E-state index is -0.692. The molecule has 0 bridgehead atoms. The summed E-state index contributed by atoms with van der Waals surface area (Å²) >= 11 is 5.74. The predicted molar refractivity (Wildman–Crippen MR) is 69.8 cm³/mol. The number of ether oxygens (including phenoxy) is 1. The summed E-state index contributed by atoms with van der Waals surface area (Å²) in [5.74, 6) is 0. The van der Waals surface area contributed by atoms with Gasteiger partial charge in [-0.3, -0.25) is 20.2 Å². The molecule has 9 heteroatoms. The smallest absolute Gasteiger partial charge is 0.290 e. The molecule has 0 N–H and O–H groups in total. The van der Waals surface area contributed by atoms with E-state index in [2.05, 4.69) is 0 Å². The molecule has 0 aliphatic carbocycles. The summed E-state index contributed by atoms with van der Waals surface area (Å²) < 4.78 is 5.13. The maximum absolute atomic E-state index is 10.8. The zero-order chi connectivity index (χ0) is 13.7. The van der Waals surface area contributed by atoms with Crippen molar-refractivity contribution in [3.63, 3.8) is 0 Å². The summed E-state index contributed by atoms with van der Waals surface area (Å²) in [5, 5.41) is 21.4. The summed E-state index contributed by atoms with van der Waals surface area (Å²) in [4.78, 5) is 20.2. The Morgan fingerprint density at radius 2 is 2.06 bits per heavy atom. The number of nitro benzene ring substituents is 2. The lowest BCUT2D eigenvalue weighted by atomic mass is 10.3. The van der Waals surface area contributed by atoms with Crippen LogP contribution in [0.15, 0.2) is 23.1 Å². The minimum absolute atomic E-state index is 0.134. The molecule has 0 unspecified atom stereocenters. The van der Waals surface area contributed by atoms with Crippen molar-refractivity contribution < 1.29 is 14.6 Å². The van der Waals surface area contributed by atoms with E-state index in [1.165, 1.54) is 12.1 Å². The SMILES string of the molecule is CCOC(=S)Sc1ccc([N+](=O)[O-])cc1[N+](=O)[O-]. The van der Waals surface area contributed by atoms with Gasteiger partial charge in [0.2, 0.25) is 4.38 Å². The number of nitrogens with zero attached hydrogens (tertiary/aromatic N) is 2. The van der Waals surface area contributed by atoms with E-state index in [-0.39, 0.29) is 20.7 Å². The van der Waals surface area contributed by atoms with Crippen LogP contribution in [0.3, 0.4) is 0 Å². The molecule has 96 valence electrons. The number of rotatable bonds is 4. The van der Waals surface area contributed by atoms with E-state index in [0.717, 1.165) is 17.8 Å². The monoisotopic (exact) mass is 288 g/mol. The van der Waals surface area contributed by atoms with Gasteiger partial charge in [0.05, 0.1) is 27.4 Å². The molecule has 0 aliphatic heterocycles. The maximum atomic E-state index is 10.8. The van der Waals surface area contributed by atoms with Crippen LogP contribution in [-0.2, 0) is 4.74 Å². The highest BCUT2D eigenvalue weighted by atomic mass is 32.2. The first kappa shape index (κ1) is 14.3. The highest BCUT2D eigenvalue weighted by Crippen LogP contribution is 2.33. The molecule has 0 fully saturated rings. The Morgan fingerprint density at radius 3 is 2.56 bits per heavy atom. The third-order valence-corrected chi connectivity index (χ3v) is 3.02. The Kier molecular flexibility index (Phi) is 4.98. The molecule has 7 nitrogen and oxygen atoms in total. The standard InChI is InChI=1S/C9H8N2O5S2/c1-2-16-9(17)18-8-4-3-6(10(12)13)5-7(8)11(14)15/h3-5H,2H2,1H3. The van der Waals surface area contributed by atoms with Crippen LogP contribution in [0.1, 0.15) is 6.92 Å². The van der Waals surface area contributed by atoms with Crippen LogP contribution in [0.2, 0.25) is 0 Å². The maximum Gasteiger partial charge on any atom is 0.290 e. The molecule has 1 aromatic carbocycles. The van der Waals surface area contributed by atoms with Gasteiger partial charge in [0, 0.05) is 6.07 Å². The van der Waals surface area contributed by atoms with Gasteiger partial charge in [-0.05, 0) is 37.0 Å². The molecule has 0 amide bonds. The van der Waals surface area contributed by atoms with Gasteiger partial charge < -0.3 is 4.74 Å². The van der Waals surface area contributed by atoms with Gasteiger partial charge >= 0.3 is 0 Å². The lowest BCUT2D eigenvalue weighted by Gasteiger charge is -2.04. The van der Waals surface area contributed by atoms with Crippen molar-refractivity contribution in [3.05, 3.63) is 38.4 Å². The van der Waals surface area contributed by atoms with E-state index in [0.29, 0.717) is 6.61 Å². The first-order valence-corrected chi connectivity index (χ1v) is 5.95. The largest absolute Gasteiger partial charge is 0.479 e. The Labute approximate surface area is 111 Å². The number of hydrogen-bond donors (Lipinski definition) is 0. The van der Waals surface area contributed by atoms with Gasteiger partial charge in [0.1, 0.15) is 0 Å². The summed E-state index contributed by atoms with van der Waals surface area (Å²) in [6.45, 7) is 2.09. The van der Waals surface area contributed by atoms with Gasteiger partial charge in [0.25, 0.3) is 11.4 Å². The van der Waals surface area contributed by atoms with Crippen molar-refractivity contribution in [3.8, 4) is 0 Å². The van der Waals surface area contributed by atoms with Crippen molar-refractivity contribution in [2.24, 2.45) is 0 Å². The molecule has 0 saturated carbocycles. The number of nitro groups is 2. The third-order valence-electron chi connectivity index (χ3n) is 1.81. The Hall–Kier alpha value is -1.74. The highest BCUT2D eigenvalue weighted by Gasteiger charge is 2.21. The van der Waals surface area contributed by atoms with Crippen LogP contribution >= 0.6 is 24.0 Å². The average molecular weight is 288 g/mol. The molecule has 0 atom stereocenters. The second-order valence-electron chi connectivity index (χ2n) is 2.95. The van der Waals surface area contributed by atoms with Gasteiger partial charge in [0.15, 0.2) is 0 Å². The van der Waals surface area contributed by atoms with E-state index in [9.17, 15) is 20.2 Å². The van der Waals surface area contributed by atoms with E-state index in [4.69, 9.17) is 17.0 Å². The number of thiocarbonyl (C=S) groups is 1. The fourth-order valence-corrected chi connectivity index (χ4v) is 2.20. The molecule has 18 heavy (non-hydrogen) atoms. The molecule has 0 aromatic heterocycles. The van der Waals surface area contributed by atoms with Gasteiger partial charge in [-0.15, -0.1) is 0 Å². The number of non-ortho nitro benzene ring substituents is 1. The summed E-state index contributed by atoms with van der Waals surface area (Å²) in [7, 11) is 0. The number of hydrogen-bond acceptors (Lipinski definition) is 7.